The van der Waals surface area contributed by atoms with Crippen molar-refractivity contribution < 1.29 is 9.00 Å². The number of carbonyl (C=O) groups is 1. The lowest BCUT2D eigenvalue weighted by molar-refractivity contribution is -0.130. The van der Waals surface area contributed by atoms with E-state index >= 15 is 0 Å². The number of carbonyl (C=O) groups excluding carboxylic acids is 1. The van der Waals surface area contributed by atoms with E-state index in [2.05, 4.69) is 5.32 Å². The van der Waals surface area contributed by atoms with Crippen LogP contribution in [0.3, 0.4) is 0 Å². The van der Waals surface area contributed by atoms with Gasteiger partial charge >= 0.3 is 0 Å². The molecule has 1 saturated heterocycles. The molecule has 1 amide bonds. The maximum Gasteiger partial charge on any atom is 0.244 e. The van der Waals surface area contributed by atoms with Gasteiger partial charge in [0.1, 0.15) is 0 Å². The number of nitrogens with zero attached hydrogens (tertiary/aromatic N) is 1. The summed E-state index contributed by atoms with van der Waals surface area (Å²) in [6, 6.07) is 0. The summed E-state index contributed by atoms with van der Waals surface area (Å²) in [5, 5.41) is 3.32. The summed E-state index contributed by atoms with van der Waals surface area (Å²) >= 11 is 0. The van der Waals surface area contributed by atoms with Gasteiger partial charge in [0.25, 0.3) is 0 Å². The van der Waals surface area contributed by atoms with Gasteiger partial charge < -0.3 is 4.90 Å². The zero-order chi connectivity index (χ0) is 11.1. The fourth-order valence-electron chi connectivity index (χ4n) is 2.11. The van der Waals surface area contributed by atoms with Crippen LogP contribution in [0.1, 0.15) is 26.7 Å². The Labute approximate surface area is 92.9 Å². The number of nitrogens with one attached hydrogen (secondary N) is 1. The maximum absolute atomic E-state index is 12.0. The first-order valence-corrected chi connectivity index (χ1v) is 7.01. The van der Waals surface area contributed by atoms with E-state index in [0.717, 1.165) is 12.8 Å². The lowest BCUT2D eigenvalue weighted by atomic mass is 10.3. The first kappa shape index (κ1) is 11.1. The van der Waals surface area contributed by atoms with Crippen LogP contribution in [-0.2, 0) is 15.6 Å². The van der Waals surface area contributed by atoms with E-state index in [1.807, 2.05) is 18.7 Å². The molecule has 0 aromatic heterocycles. The molecule has 1 aliphatic carbocycles. The van der Waals surface area contributed by atoms with E-state index in [1.165, 1.54) is 0 Å². The van der Waals surface area contributed by atoms with Gasteiger partial charge in [-0.1, -0.05) is 6.92 Å². The van der Waals surface area contributed by atoms with Crippen LogP contribution >= 0.6 is 0 Å². The van der Waals surface area contributed by atoms with Crippen LogP contribution in [-0.4, -0.2) is 44.8 Å². The van der Waals surface area contributed by atoms with Crippen LogP contribution in [0.5, 0.6) is 0 Å². The quantitative estimate of drug-likeness (QED) is 0.743. The number of rotatable bonds is 4. The molecule has 4 nitrogen and oxygen atoms in total. The second kappa shape index (κ2) is 3.87. The van der Waals surface area contributed by atoms with E-state index in [-0.39, 0.29) is 17.6 Å². The van der Waals surface area contributed by atoms with Crippen molar-refractivity contribution in [2.24, 2.45) is 0 Å². The molecule has 1 aliphatic heterocycles. The average Bonchev–Trinajstić information content (AvgIpc) is 2.93. The predicted molar refractivity (Wildman–Crippen MR) is 59.8 cm³/mol. The largest absolute Gasteiger partial charge is 0.325 e. The van der Waals surface area contributed by atoms with Crippen molar-refractivity contribution in [3.05, 3.63) is 0 Å². The van der Waals surface area contributed by atoms with Gasteiger partial charge in [-0.25, -0.2) is 0 Å². The lowest BCUT2D eigenvalue weighted by Crippen LogP contribution is -2.37. The first-order valence-electron chi connectivity index (χ1n) is 5.53. The number of hydrogen-bond acceptors (Lipinski definition) is 3. The van der Waals surface area contributed by atoms with Crippen molar-refractivity contribution >= 4 is 16.7 Å². The maximum atomic E-state index is 12.0. The predicted octanol–water partition coefficient (Wildman–Crippen LogP) is 0.0654. The first-order chi connectivity index (χ1) is 7.09. The molecule has 2 rings (SSSR count). The Morgan fingerprint density at radius 2 is 2.27 bits per heavy atom. The van der Waals surface area contributed by atoms with Crippen molar-refractivity contribution in [3.63, 3.8) is 0 Å². The molecule has 2 aliphatic rings. The van der Waals surface area contributed by atoms with Crippen molar-refractivity contribution in [3.8, 4) is 0 Å². The highest BCUT2D eigenvalue weighted by atomic mass is 32.2. The van der Waals surface area contributed by atoms with Crippen LogP contribution < -0.4 is 5.32 Å². The Bertz CT molecular complexity index is 302. The van der Waals surface area contributed by atoms with E-state index in [1.54, 1.807) is 0 Å². The van der Waals surface area contributed by atoms with Crippen LogP contribution in [0.15, 0.2) is 0 Å². The monoisotopic (exact) mass is 230 g/mol. The van der Waals surface area contributed by atoms with E-state index in [4.69, 9.17) is 0 Å². The van der Waals surface area contributed by atoms with Crippen molar-refractivity contribution in [2.45, 2.75) is 38.4 Å². The van der Waals surface area contributed by atoms with Gasteiger partial charge in [-0.05, 0) is 19.8 Å². The Kier molecular flexibility index (Phi) is 2.85. The minimum absolute atomic E-state index is 0.105. The van der Waals surface area contributed by atoms with Gasteiger partial charge in [0, 0.05) is 28.9 Å². The molecule has 86 valence electrons. The molecule has 1 N–H and O–H groups in total. The van der Waals surface area contributed by atoms with Crippen molar-refractivity contribution in [1.82, 2.24) is 10.2 Å². The lowest BCUT2D eigenvalue weighted by Gasteiger charge is -2.20. The third-order valence-corrected chi connectivity index (χ3v) is 4.54. The molecule has 5 heteroatoms. The van der Waals surface area contributed by atoms with E-state index < -0.39 is 10.8 Å². The Morgan fingerprint density at radius 1 is 1.60 bits per heavy atom. The summed E-state index contributed by atoms with van der Waals surface area (Å²) in [6.07, 6.45) is 2.03. The van der Waals surface area contributed by atoms with Crippen LogP contribution in [0.25, 0.3) is 0 Å². The Morgan fingerprint density at radius 3 is 2.73 bits per heavy atom. The number of amides is 1. The smallest absolute Gasteiger partial charge is 0.244 e. The highest BCUT2D eigenvalue weighted by molar-refractivity contribution is 7.84. The van der Waals surface area contributed by atoms with E-state index in [0.29, 0.717) is 18.1 Å². The summed E-state index contributed by atoms with van der Waals surface area (Å²) in [5.74, 6) is 1.49. The highest BCUT2D eigenvalue weighted by Gasteiger charge is 2.57. The van der Waals surface area contributed by atoms with Crippen LogP contribution in [0.2, 0.25) is 0 Å². The Balaban J connectivity index is 1.92. The molecule has 0 aromatic rings. The third-order valence-electron chi connectivity index (χ3n) is 3.25. The van der Waals surface area contributed by atoms with Gasteiger partial charge in [-0.15, -0.1) is 0 Å². The minimum atomic E-state index is -0.779. The SMILES string of the molecule is CCS(=O)CCN1C(=O)C2(CC2)NC1C. The van der Waals surface area contributed by atoms with Gasteiger partial charge in [-0.2, -0.15) is 0 Å². The second-order valence-electron chi connectivity index (χ2n) is 4.33. The fourth-order valence-corrected chi connectivity index (χ4v) is 2.80. The van der Waals surface area contributed by atoms with Crippen molar-refractivity contribution in [2.75, 3.05) is 18.1 Å². The second-order valence-corrected chi connectivity index (χ2v) is 6.20. The van der Waals surface area contributed by atoms with Gasteiger partial charge in [0.15, 0.2) is 0 Å². The standard InChI is InChI=1S/C10H18N2O2S/c1-3-15(14)7-6-12-8(2)11-10(4-5-10)9(12)13/h8,11H,3-7H2,1-2H3. The summed E-state index contributed by atoms with van der Waals surface area (Å²) in [7, 11) is -0.779. The molecule has 1 spiro atoms. The Hall–Kier alpha value is -0.420. The van der Waals surface area contributed by atoms with Crippen LogP contribution in [0, 0.1) is 0 Å². The zero-order valence-electron chi connectivity index (χ0n) is 9.28. The van der Waals surface area contributed by atoms with Crippen LogP contribution in [0.4, 0.5) is 0 Å². The zero-order valence-corrected chi connectivity index (χ0v) is 10.1. The highest BCUT2D eigenvalue weighted by Crippen LogP contribution is 2.41. The average molecular weight is 230 g/mol. The van der Waals surface area contributed by atoms with Gasteiger partial charge in [0.2, 0.25) is 5.91 Å². The minimum Gasteiger partial charge on any atom is -0.325 e. The molecule has 2 fully saturated rings. The molecular weight excluding hydrogens is 212 g/mol. The molecule has 2 atom stereocenters. The normalized spacial score (nSPS) is 29.9. The molecule has 15 heavy (non-hydrogen) atoms. The van der Waals surface area contributed by atoms with Gasteiger partial charge in [0.05, 0.1) is 11.7 Å². The van der Waals surface area contributed by atoms with E-state index in [9.17, 15) is 9.00 Å². The number of hydrogen-bond donors (Lipinski definition) is 1. The molecule has 1 saturated carbocycles. The molecule has 2 unspecified atom stereocenters. The van der Waals surface area contributed by atoms with Gasteiger partial charge in [-0.3, -0.25) is 14.3 Å². The molecule has 1 heterocycles. The molecule has 0 bridgehead atoms. The summed E-state index contributed by atoms with van der Waals surface area (Å²) in [5.41, 5.74) is -0.229. The molecule has 0 radical (unpaired) electrons. The van der Waals surface area contributed by atoms with Crippen molar-refractivity contribution in [1.29, 1.82) is 0 Å². The fraction of sp³-hybridized carbons (Fsp3) is 0.900. The summed E-state index contributed by atoms with van der Waals surface area (Å²) in [6.45, 7) is 4.53. The molecule has 0 aromatic carbocycles. The topological polar surface area (TPSA) is 49.4 Å². The summed E-state index contributed by atoms with van der Waals surface area (Å²) in [4.78, 5) is 13.8. The summed E-state index contributed by atoms with van der Waals surface area (Å²) < 4.78 is 11.3. The molecular formula is C10H18N2O2S. The third kappa shape index (κ3) is 1.95.